The summed E-state index contributed by atoms with van der Waals surface area (Å²) in [5.41, 5.74) is 7.93. The van der Waals surface area contributed by atoms with Crippen molar-refractivity contribution in [2.45, 2.75) is 33.2 Å². The van der Waals surface area contributed by atoms with E-state index in [1.165, 1.54) is 4.68 Å². The number of nitrogens with one attached hydrogen (secondary N) is 1. The predicted octanol–water partition coefficient (Wildman–Crippen LogP) is 5.34. The Kier molecular flexibility index (Phi) is 9.85. The Morgan fingerprint density at radius 3 is 2.79 bits per heavy atom. The van der Waals surface area contributed by atoms with Crippen LogP contribution in [0.4, 0.5) is 0 Å². The van der Waals surface area contributed by atoms with Crippen molar-refractivity contribution in [3.05, 3.63) is 118 Å². The van der Waals surface area contributed by atoms with Gasteiger partial charge < -0.3 is 10.1 Å². The van der Waals surface area contributed by atoms with Gasteiger partial charge in [0.2, 0.25) is 0 Å². The van der Waals surface area contributed by atoms with E-state index >= 15 is 0 Å². The molecule has 1 N–H and O–H groups in total. The normalized spacial score (nSPS) is 14.2. The van der Waals surface area contributed by atoms with E-state index in [1.54, 1.807) is 24.4 Å². The summed E-state index contributed by atoms with van der Waals surface area (Å²) >= 11 is 0. The van der Waals surface area contributed by atoms with E-state index in [-0.39, 0.29) is 5.56 Å². The van der Waals surface area contributed by atoms with E-state index in [2.05, 4.69) is 39.6 Å². The summed E-state index contributed by atoms with van der Waals surface area (Å²) in [5.74, 6) is 7.16. The van der Waals surface area contributed by atoms with Crippen molar-refractivity contribution in [1.82, 2.24) is 15.1 Å². The molecule has 0 aliphatic carbocycles. The van der Waals surface area contributed by atoms with Gasteiger partial charge in [-0.15, -0.1) is 11.7 Å². The Hall–Kier alpha value is -4.43. The first-order valence-electron chi connectivity index (χ1n) is 13.2. The Morgan fingerprint density at radius 1 is 1.18 bits per heavy atom. The quantitative estimate of drug-likeness (QED) is 0.137. The molecule has 6 nitrogen and oxygen atoms in total. The van der Waals surface area contributed by atoms with Crippen LogP contribution in [0.5, 0.6) is 0 Å². The van der Waals surface area contributed by atoms with Gasteiger partial charge in [0, 0.05) is 29.0 Å². The number of hydrogen-bond donors (Lipinski definition) is 1. The SMILES string of the molecule is C=C=C/C(=C\N=C(/C)c1cccc(Cn2nc(-c3cccc(C#CC)c3)ccc2=O)c1)OCC1CCNCC1. The Balaban J connectivity index is 1.50. The topological polar surface area (TPSA) is 68.5 Å². The third kappa shape index (κ3) is 8.02. The zero-order valence-electron chi connectivity index (χ0n) is 22.6. The van der Waals surface area contributed by atoms with Gasteiger partial charge in [-0.05, 0) is 81.1 Å². The Labute approximate surface area is 230 Å². The molecule has 2 heterocycles. The largest absolute Gasteiger partial charge is 0.491 e. The van der Waals surface area contributed by atoms with E-state index in [0.29, 0.717) is 24.8 Å². The van der Waals surface area contributed by atoms with E-state index in [4.69, 9.17) is 4.74 Å². The molecule has 0 spiro atoms. The molecule has 0 atom stereocenters. The van der Waals surface area contributed by atoms with Gasteiger partial charge in [-0.3, -0.25) is 9.79 Å². The van der Waals surface area contributed by atoms with Crippen molar-refractivity contribution in [3.63, 3.8) is 0 Å². The second kappa shape index (κ2) is 13.9. The van der Waals surface area contributed by atoms with Crippen LogP contribution < -0.4 is 10.9 Å². The van der Waals surface area contributed by atoms with Crippen LogP contribution in [0, 0.1) is 17.8 Å². The third-order valence-corrected chi connectivity index (χ3v) is 6.55. The van der Waals surface area contributed by atoms with Crippen LogP contribution in [0.3, 0.4) is 0 Å². The van der Waals surface area contributed by atoms with Gasteiger partial charge in [-0.1, -0.05) is 42.8 Å². The second-order valence-electron chi connectivity index (χ2n) is 9.47. The highest BCUT2D eigenvalue weighted by Crippen LogP contribution is 2.18. The minimum absolute atomic E-state index is 0.159. The smallest absolute Gasteiger partial charge is 0.267 e. The van der Waals surface area contributed by atoms with E-state index in [0.717, 1.165) is 59.6 Å². The van der Waals surface area contributed by atoms with Gasteiger partial charge >= 0.3 is 0 Å². The lowest BCUT2D eigenvalue weighted by Gasteiger charge is -2.22. The van der Waals surface area contributed by atoms with Gasteiger partial charge in [0.1, 0.15) is 5.76 Å². The lowest BCUT2D eigenvalue weighted by molar-refractivity contribution is 0.153. The number of nitrogens with zero attached hydrogens (tertiary/aromatic N) is 3. The first-order valence-corrected chi connectivity index (χ1v) is 13.2. The number of rotatable bonds is 9. The third-order valence-electron chi connectivity index (χ3n) is 6.55. The number of aliphatic imine (C=N–C) groups is 1. The average Bonchev–Trinajstić information content (AvgIpc) is 2.96. The van der Waals surface area contributed by atoms with Crippen molar-refractivity contribution < 1.29 is 4.74 Å². The maximum atomic E-state index is 12.6. The fourth-order valence-corrected chi connectivity index (χ4v) is 4.40. The molecule has 1 aliphatic rings. The summed E-state index contributed by atoms with van der Waals surface area (Å²) in [5, 5.41) is 8.01. The van der Waals surface area contributed by atoms with Crippen molar-refractivity contribution in [2.24, 2.45) is 10.9 Å². The molecule has 0 unspecified atom stereocenters. The lowest BCUT2D eigenvalue weighted by atomic mass is 9.99. The summed E-state index contributed by atoms with van der Waals surface area (Å²) in [6.45, 7) is 10.5. The van der Waals surface area contributed by atoms with Gasteiger partial charge in [-0.25, -0.2) is 4.68 Å². The van der Waals surface area contributed by atoms with Crippen LogP contribution in [0.1, 0.15) is 43.4 Å². The van der Waals surface area contributed by atoms with Gasteiger partial charge in [-0.2, -0.15) is 5.10 Å². The molecule has 6 heteroatoms. The fourth-order valence-electron chi connectivity index (χ4n) is 4.40. The predicted molar refractivity (Wildman–Crippen MR) is 158 cm³/mol. The molecule has 2 aromatic carbocycles. The number of piperidine rings is 1. The van der Waals surface area contributed by atoms with Crippen LogP contribution in [0.15, 0.2) is 101 Å². The molecule has 1 aromatic heterocycles. The molecule has 0 bridgehead atoms. The molecule has 0 radical (unpaired) electrons. The molecule has 0 amide bonds. The molecule has 0 saturated carbocycles. The minimum atomic E-state index is -0.159. The number of allylic oxidation sites excluding steroid dienone is 1. The molecule has 39 heavy (non-hydrogen) atoms. The van der Waals surface area contributed by atoms with Gasteiger partial charge in [0.25, 0.3) is 5.56 Å². The summed E-state index contributed by atoms with van der Waals surface area (Å²) in [6.07, 6.45) is 5.65. The lowest BCUT2D eigenvalue weighted by Crippen LogP contribution is -2.29. The van der Waals surface area contributed by atoms with Crippen molar-refractivity contribution in [1.29, 1.82) is 0 Å². The Bertz CT molecular complexity index is 1520. The molecule has 1 fully saturated rings. The van der Waals surface area contributed by atoms with Crippen molar-refractivity contribution >= 4 is 5.71 Å². The van der Waals surface area contributed by atoms with Crippen LogP contribution in [-0.2, 0) is 11.3 Å². The van der Waals surface area contributed by atoms with Crippen LogP contribution in [0.2, 0.25) is 0 Å². The molecule has 3 aromatic rings. The van der Waals surface area contributed by atoms with Crippen molar-refractivity contribution in [2.75, 3.05) is 19.7 Å². The van der Waals surface area contributed by atoms with Crippen LogP contribution >= 0.6 is 0 Å². The Morgan fingerprint density at radius 2 is 2.00 bits per heavy atom. The first kappa shape index (κ1) is 27.6. The van der Waals surface area contributed by atoms with Crippen LogP contribution in [-0.4, -0.2) is 35.2 Å². The monoisotopic (exact) mass is 518 g/mol. The first-order chi connectivity index (χ1) is 19.1. The molecule has 4 rings (SSSR count). The summed E-state index contributed by atoms with van der Waals surface area (Å²) in [4.78, 5) is 17.3. The van der Waals surface area contributed by atoms with Gasteiger partial charge in [0.15, 0.2) is 0 Å². The standard InChI is InChI=1S/C33H34N4O2/c1-4-8-26-10-6-13-30(20-26)32-14-15-33(38)37(36-32)23-28-11-7-12-29(21-28)25(3)35-22-31(9-5-2)39-24-27-16-18-34-19-17-27/h6-7,9-15,20-22,27,34H,2,16-19,23-24H2,1,3H3/b31-22+,35-25+. The average molecular weight is 519 g/mol. The number of hydrogen-bond acceptors (Lipinski definition) is 5. The molecular weight excluding hydrogens is 484 g/mol. The fraction of sp³-hybridized carbons (Fsp3) is 0.273. The minimum Gasteiger partial charge on any atom is -0.491 e. The zero-order valence-corrected chi connectivity index (χ0v) is 22.6. The second-order valence-corrected chi connectivity index (χ2v) is 9.47. The molecule has 1 saturated heterocycles. The maximum absolute atomic E-state index is 12.6. The maximum Gasteiger partial charge on any atom is 0.267 e. The highest BCUT2D eigenvalue weighted by Gasteiger charge is 2.13. The highest BCUT2D eigenvalue weighted by molar-refractivity contribution is 5.99. The number of aromatic nitrogens is 2. The molecular formula is C33H34N4O2. The van der Waals surface area contributed by atoms with Crippen molar-refractivity contribution in [3.8, 4) is 23.1 Å². The summed E-state index contributed by atoms with van der Waals surface area (Å²) in [7, 11) is 0. The molecule has 1 aliphatic heterocycles. The number of ether oxygens (including phenoxy) is 1. The summed E-state index contributed by atoms with van der Waals surface area (Å²) in [6, 6.07) is 19.1. The van der Waals surface area contributed by atoms with E-state index < -0.39 is 0 Å². The highest BCUT2D eigenvalue weighted by atomic mass is 16.5. The van der Waals surface area contributed by atoms with E-state index in [9.17, 15) is 4.79 Å². The van der Waals surface area contributed by atoms with E-state index in [1.807, 2.05) is 62.4 Å². The summed E-state index contributed by atoms with van der Waals surface area (Å²) < 4.78 is 7.49. The van der Waals surface area contributed by atoms with Gasteiger partial charge in [0.05, 0.1) is 25.0 Å². The molecule has 198 valence electrons. The number of benzene rings is 2. The van der Waals surface area contributed by atoms with Crippen LogP contribution in [0.25, 0.3) is 11.3 Å². The zero-order chi connectivity index (χ0) is 27.5.